The van der Waals surface area contributed by atoms with Gasteiger partial charge in [-0.05, 0) is 55.8 Å². The number of furan rings is 1. The summed E-state index contributed by atoms with van der Waals surface area (Å²) in [5.41, 5.74) is 2.62. The molecule has 2 aromatic carbocycles. The first-order chi connectivity index (χ1) is 16.8. The zero-order valence-electron chi connectivity index (χ0n) is 19.4. The number of morpholine rings is 1. The van der Waals surface area contributed by atoms with Gasteiger partial charge in [-0.1, -0.05) is 24.3 Å². The molecule has 0 bridgehead atoms. The summed E-state index contributed by atoms with van der Waals surface area (Å²) in [6, 6.07) is 17.6. The van der Waals surface area contributed by atoms with Crippen LogP contribution in [0.15, 0.2) is 70.0 Å². The summed E-state index contributed by atoms with van der Waals surface area (Å²) in [7, 11) is -3.71. The third-order valence-corrected chi connectivity index (χ3v) is 8.03. The highest BCUT2D eigenvalue weighted by atomic mass is 32.2. The molecule has 1 saturated heterocycles. The Balaban J connectivity index is 1.50. The van der Waals surface area contributed by atoms with Crippen LogP contribution in [-0.4, -0.2) is 49.9 Å². The molecule has 0 saturated carbocycles. The quantitative estimate of drug-likeness (QED) is 0.444. The normalized spacial score (nSPS) is 14.8. The third-order valence-electron chi connectivity index (χ3n) is 5.99. The Morgan fingerprint density at radius 1 is 1.00 bits per heavy atom. The molecule has 35 heavy (non-hydrogen) atoms. The van der Waals surface area contributed by atoms with Gasteiger partial charge in [-0.15, -0.1) is 0 Å². The van der Waals surface area contributed by atoms with Crippen molar-refractivity contribution >= 4 is 32.5 Å². The van der Waals surface area contributed by atoms with Gasteiger partial charge in [0.15, 0.2) is 5.76 Å². The van der Waals surface area contributed by atoms with Gasteiger partial charge in [-0.25, -0.2) is 13.4 Å². The van der Waals surface area contributed by atoms with Gasteiger partial charge in [0.1, 0.15) is 11.5 Å². The Hall–Kier alpha value is -3.53. The predicted octanol–water partition coefficient (Wildman–Crippen LogP) is 4.38. The molecule has 4 aromatic rings. The number of aryl methyl sites for hydroxylation is 2. The SMILES string of the molecule is Cc1ccc(-c2cc(C(=O)Nc3ccc(C)c(S(=O)(=O)N4CCOCC4)c3)c3ccccc3n2)o1. The highest BCUT2D eigenvalue weighted by Gasteiger charge is 2.28. The number of sulfonamides is 1. The third kappa shape index (κ3) is 4.58. The number of nitrogens with zero attached hydrogens (tertiary/aromatic N) is 2. The van der Waals surface area contributed by atoms with Crippen molar-refractivity contribution in [3.63, 3.8) is 0 Å². The van der Waals surface area contributed by atoms with E-state index < -0.39 is 10.0 Å². The number of hydrogen-bond acceptors (Lipinski definition) is 6. The molecule has 1 N–H and O–H groups in total. The fourth-order valence-corrected chi connectivity index (χ4v) is 5.80. The molecule has 0 unspecified atom stereocenters. The number of amides is 1. The molecule has 1 aliphatic rings. The molecule has 0 atom stereocenters. The lowest BCUT2D eigenvalue weighted by Crippen LogP contribution is -2.40. The van der Waals surface area contributed by atoms with E-state index in [0.717, 1.165) is 5.76 Å². The Bertz CT molecular complexity index is 1520. The summed E-state index contributed by atoms with van der Waals surface area (Å²) in [6.07, 6.45) is 0. The van der Waals surface area contributed by atoms with Crippen LogP contribution < -0.4 is 5.32 Å². The van der Waals surface area contributed by atoms with E-state index in [1.54, 1.807) is 25.1 Å². The highest BCUT2D eigenvalue weighted by molar-refractivity contribution is 7.89. The molecule has 8 nitrogen and oxygen atoms in total. The Kier molecular flexibility index (Phi) is 6.14. The van der Waals surface area contributed by atoms with Crippen molar-refractivity contribution in [1.29, 1.82) is 0 Å². The number of pyridine rings is 1. The first-order valence-electron chi connectivity index (χ1n) is 11.3. The maximum Gasteiger partial charge on any atom is 0.256 e. The van der Waals surface area contributed by atoms with E-state index in [2.05, 4.69) is 10.3 Å². The second kappa shape index (κ2) is 9.26. The molecule has 0 radical (unpaired) electrons. The number of carbonyl (C=O) groups excluding carboxylic acids is 1. The molecule has 1 fully saturated rings. The van der Waals surface area contributed by atoms with Gasteiger partial charge in [-0.3, -0.25) is 4.79 Å². The van der Waals surface area contributed by atoms with E-state index in [1.807, 2.05) is 43.3 Å². The van der Waals surface area contributed by atoms with Gasteiger partial charge in [0.05, 0.1) is 29.2 Å². The van der Waals surface area contributed by atoms with E-state index in [-0.39, 0.29) is 10.8 Å². The number of fused-ring (bicyclic) bond motifs is 1. The largest absolute Gasteiger partial charge is 0.460 e. The highest BCUT2D eigenvalue weighted by Crippen LogP contribution is 2.28. The van der Waals surface area contributed by atoms with E-state index in [9.17, 15) is 13.2 Å². The fraction of sp³-hybridized carbons (Fsp3) is 0.231. The maximum atomic E-state index is 13.4. The summed E-state index contributed by atoms with van der Waals surface area (Å²) in [5, 5.41) is 3.56. The summed E-state index contributed by atoms with van der Waals surface area (Å²) in [6.45, 7) is 4.92. The van der Waals surface area contributed by atoms with Crippen LogP contribution in [0.1, 0.15) is 21.7 Å². The Labute approximate surface area is 203 Å². The van der Waals surface area contributed by atoms with Gasteiger partial charge >= 0.3 is 0 Å². The summed E-state index contributed by atoms with van der Waals surface area (Å²) in [4.78, 5) is 18.2. The number of nitrogens with one attached hydrogen (secondary N) is 1. The number of rotatable bonds is 5. The van der Waals surface area contributed by atoms with E-state index in [0.29, 0.717) is 65.5 Å². The molecule has 3 heterocycles. The second-order valence-electron chi connectivity index (χ2n) is 8.43. The minimum atomic E-state index is -3.71. The van der Waals surface area contributed by atoms with Crippen molar-refractivity contribution in [2.24, 2.45) is 0 Å². The van der Waals surface area contributed by atoms with Gasteiger partial charge < -0.3 is 14.5 Å². The molecule has 2 aromatic heterocycles. The minimum absolute atomic E-state index is 0.170. The molecule has 0 aliphatic carbocycles. The first-order valence-corrected chi connectivity index (χ1v) is 12.7. The Morgan fingerprint density at radius 2 is 1.77 bits per heavy atom. The monoisotopic (exact) mass is 491 g/mol. The summed E-state index contributed by atoms with van der Waals surface area (Å²) in [5.74, 6) is 0.942. The number of hydrogen-bond donors (Lipinski definition) is 1. The number of benzene rings is 2. The predicted molar refractivity (Wildman–Crippen MR) is 133 cm³/mol. The van der Waals surface area contributed by atoms with Crippen LogP contribution in [-0.2, 0) is 14.8 Å². The van der Waals surface area contributed by atoms with Gasteiger partial charge in [0, 0.05) is 24.2 Å². The van der Waals surface area contributed by atoms with Crippen LogP contribution in [0.3, 0.4) is 0 Å². The van der Waals surface area contributed by atoms with Crippen LogP contribution in [0.2, 0.25) is 0 Å². The van der Waals surface area contributed by atoms with Crippen LogP contribution >= 0.6 is 0 Å². The van der Waals surface area contributed by atoms with Crippen molar-refractivity contribution in [1.82, 2.24) is 9.29 Å². The smallest absolute Gasteiger partial charge is 0.256 e. The number of para-hydroxylation sites is 1. The second-order valence-corrected chi connectivity index (χ2v) is 10.3. The van der Waals surface area contributed by atoms with Crippen LogP contribution in [0.4, 0.5) is 5.69 Å². The molecule has 1 aliphatic heterocycles. The van der Waals surface area contributed by atoms with Crippen LogP contribution in [0, 0.1) is 13.8 Å². The average molecular weight is 492 g/mol. The molecule has 9 heteroatoms. The fourth-order valence-electron chi connectivity index (χ4n) is 4.14. The first kappa shape index (κ1) is 23.2. The Morgan fingerprint density at radius 3 is 2.51 bits per heavy atom. The minimum Gasteiger partial charge on any atom is -0.460 e. The lowest BCUT2D eigenvalue weighted by atomic mass is 10.1. The van der Waals surface area contributed by atoms with Crippen molar-refractivity contribution in [3.8, 4) is 11.5 Å². The molecular formula is C26H25N3O5S. The number of aromatic nitrogens is 1. The topological polar surface area (TPSA) is 102 Å². The van der Waals surface area contributed by atoms with Gasteiger partial charge in [0.2, 0.25) is 10.0 Å². The van der Waals surface area contributed by atoms with Crippen molar-refractivity contribution in [3.05, 3.63) is 77.6 Å². The molecular weight excluding hydrogens is 466 g/mol. The van der Waals surface area contributed by atoms with Gasteiger partial charge in [-0.2, -0.15) is 4.31 Å². The molecule has 1 amide bonds. The number of ether oxygens (including phenoxy) is 1. The summed E-state index contributed by atoms with van der Waals surface area (Å²) >= 11 is 0. The maximum absolute atomic E-state index is 13.4. The zero-order valence-corrected chi connectivity index (χ0v) is 20.3. The van der Waals surface area contributed by atoms with Crippen LogP contribution in [0.25, 0.3) is 22.4 Å². The van der Waals surface area contributed by atoms with Crippen molar-refractivity contribution in [2.75, 3.05) is 31.6 Å². The standard InChI is InChI=1S/C26H25N3O5S/c1-17-7-9-19(15-25(17)35(31,32)29-11-13-33-14-12-29)27-26(30)21-16-23(24-10-8-18(2)34-24)28-22-6-4-3-5-20(21)22/h3-10,15-16H,11-14H2,1-2H3,(H,27,30). The van der Waals surface area contributed by atoms with Crippen molar-refractivity contribution in [2.45, 2.75) is 18.7 Å². The molecule has 0 spiro atoms. The number of carbonyl (C=O) groups is 1. The molecule has 5 rings (SSSR count). The lowest BCUT2D eigenvalue weighted by Gasteiger charge is -2.26. The van der Waals surface area contributed by atoms with Crippen LogP contribution in [0.5, 0.6) is 0 Å². The van der Waals surface area contributed by atoms with Crippen molar-refractivity contribution < 1.29 is 22.4 Å². The molecule has 180 valence electrons. The van der Waals surface area contributed by atoms with Gasteiger partial charge in [0.25, 0.3) is 5.91 Å². The average Bonchev–Trinajstić information content (AvgIpc) is 3.31. The summed E-state index contributed by atoms with van der Waals surface area (Å²) < 4.78 is 38.9. The van der Waals surface area contributed by atoms with E-state index in [1.165, 1.54) is 10.4 Å². The lowest BCUT2D eigenvalue weighted by molar-refractivity contribution is 0.0730. The number of anilines is 1. The van der Waals surface area contributed by atoms with E-state index in [4.69, 9.17) is 9.15 Å². The zero-order chi connectivity index (χ0) is 24.6. The van der Waals surface area contributed by atoms with E-state index >= 15 is 0 Å².